The van der Waals surface area contributed by atoms with Crippen LogP contribution in [0.2, 0.25) is 0 Å². The lowest BCUT2D eigenvalue weighted by atomic mass is 9.86. The van der Waals surface area contributed by atoms with Crippen molar-refractivity contribution in [2.45, 2.75) is 19.3 Å². The van der Waals surface area contributed by atoms with Gasteiger partial charge in [-0.05, 0) is 18.6 Å². The second-order valence-corrected chi connectivity index (χ2v) is 5.65. The zero-order valence-corrected chi connectivity index (χ0v) is 12.4. The predicted octanol–water partition coefficient (Wildman–Crippen LogP) is 2.97. The minimum Gasteiger partial charge on any atom is -0.311 e. The molecule has 2 aromatic rings. The van der Waals surface area contributed by atoms with Gasteiger partial charge < -0.3 is 5.32 Å². The Labute approximate surface area is 119 Å². The van der Waals surface area contributed by atoms with E-state index in [9.17, 15) is 4.79 Å². The van der Waals surface area contributed by atoms with Crippen LogP contribution in [-0.4, -0.2) is 15.7 Å². The Morgan fingerprint density at radius 3 is 2.89 bits per heavy atom. The molecule has 1 atom stereocenters. The first-order valence-corrected chi connectivity index (χ1v) is 6.95. The number of nitrogens with one attached hydrogen (secondary N) is 1. The first kappa shape index (κ1) is 12.4. The van der Waals surface area contributed by atoms with Crippen LogP contribution < -0.4 is 5.32 Å². The Hall–Kier alpha value is -1.62. The molecule has 1 aliphatic rings. The lowest BCUT2D eigenvalue weighted by Gasteiger charge is -2.24. The van der Waals surface area contributed by atoms with E-state index in [0.717, 1.165) is 27.1 Å². The smallest absolute Gasteiger partial charge is 0.226 e. The summed E-state index contributed by atoms with van der Waals surface area (Å²) in [5, 5.41) is 7.33. The first-order chi connectivity index (χ1) is 9.08. The fraction of sp³-hybridized carbons (Fsp3) is 0.286. The van der Waals surface area contributed by atoms with Crippen LogP contribution in [0.25, 0.3) is 0 Å². The van der Waals surface area contributed by atoms with E-state index < -0.39 is 0 Å². The van der Waals surface area contributed by atoms with E-state index in [1.807, 2.05) is 32.2 Å². The average Bonchev–Trinajstić information content (AvgIpc) is 2.65. The molecule has 3 rings (SSSR count). The van der Waals surface area contributed by atoms with Crippen molar-refractivity contribution in [1.29, 1.82) is 0 Å². The summed E-state index contributed by atoms with van der Waals surface area (Å²) in [5.41, 5.74) is 3.22. The number of anilines is 1. The SMILES string of the molecule is Cc1nn(C)c2c1[C@H](c1ccccc1Br)CC(=O)N2. The third-order valence-electron chi connectivity index (χ3n) is 3.54. The Bertz CT molecular complexity index is 663. The highest BCUT2D eigenvalue weighted by molar-refractivity contribution is 9.10. The highest BCUT2D eigenvalue weighted by Crippen LogP contribution is 2.41. The number of nitrogens with zero attached hydrogens (tertiary/aromatic N) is 2. The summed E-state index contributed by atoms with van der Waals surface area (Å²) in [6.07, 6.45) is 0.460. The van der Waals surface area contributed by atoms with Crippen molar-refractivity contribution in [1.82, 2.24) is 9.78 Å². The number of hydrogen-bond acceptors (Lipinski definition) is 2. The third kappa shape index (κ3) is 1.98. The van der Waals surface area contributed by atoms with Crippen molar-refractivity contribution in [3.63, 3.8) is 0 Å². The summed E-state index contributed by atoms with van der Waals surface area (Å²) in [6.45, 7) is 1.99. The third-order valence-corrected chi connectivity index (χ3v) is 4.27. The number of carbonyl (C=O) groups is 1. The van der Waals surface area contributed by atoms with Crippen LogP contribution in [0, 0.1) is 6.92 Å². The molecule has 1 aliphatic heterocycles. The summed E-state index contributed by atoms with van der Waals surface area (Å²) in [6, 6.07) is 8.04. The average molecular weight is 320 g/mol. The molecule has 0 radical (unpaired) electrons. The molecular formula is C14H14BrN3O. The van der Waals surface area contributed by atoms with Crippen molar-refractivity contribution in [3.8, 4) is 0 Å². The monoisotopic (exact) mass is 319 g/mol. The van der Waals surface area contributed by atoms with Crippen LogP contribution in [0.3, 0.4) is 0 Å². The Morgan fingerprint density at radius 1 is 1.42 bits per heavy atom. The summed E-state index contributed by atoms with van der Waals surface area (Å²) >= 11 is 3.58. The maximum atomic E-state index is 11.9. The van der Waals surface area contributed by atoms with Gasteiger partial charge in [-0.15, -0.1) is 0 Å². The van der Waals surface area contributed by atoms with Gasteiger partial charge in [0.15, 0.2) is 0 Å². The number of carbonyl (C=O) groups excluding carboxylic acids is 1. The van der Waals surface area contributed by atoms with Crippen molar-refractivity contribution >= 4 is 27.7 Å². The second kappa shape index (κ2) is 4.49. The molecule has 1 aromatic heterocycles. The lowest BCUT2D eigenvalue weighted by molar-refractivity contribution is -0.116. The number of hydrogen-bond donors (Lipinski definition) is 1. The van der Waals surface area contributed by atoms with E-state index in [4.69, 9.17) is 0 Å². The zero-order valence-electron chi connectivity index (χ0n) is 10.8. The number of benzene rings is 1. The van der Waals surface area contributed by atoms with Crippen molar-refractivity contribution in [2.24, 2.45) is 7.05 Å². The Kier molecular flexibility index (Phi) is 2.93. The van der Waals surface area contributed by atoms with Gasteiger partial charge >= 0.3 is 0 Å². The number of aromatic nitrogens is 2. The van der Waals surface area contributed by atoms with E-state index in [-0.39, 0.29) is 11.8 Å². The Morgan fingerprint density at radius 2 is 2.16 bits per heavy atom. The molecule has 0 fully saturated rings. The van der Waals surface area contributed by atoms with Crippen LogP contribution in [0.5, 0.6) is 0 Å². The van der Waals surface area contributed by atoms with Gasteiger partial charge in [0.2, 0.25) is 5.91 Å². The molecule has 0 bridgehead atoms. The van der Waals surface area contributed by atoms with Crippen molar-refractivity contribution < 1.29 is 4.79 Å². The molecule has 0 unspecified atom stereocenters. The molecule has 1 N–H and O–H groups in total. The van der Waals surface area contributed by atoms with Gasteiger partial charge in [0.1, 0.15) is 5.82 Å². The number of fused-ring (bicyclic) bond motifs is 1. The maximum Gasteiger partial charge on any atom is 0.226 e. The van der Waals surface area contributed by atoms with E-state index in [2.05, 4.69) is 32.4 Å². The molecule has 19 heavy (non-hydrogen) atoms. The molecule has 0 saturated carbocycles. The summed E-state index contributed by atoms with van der Waals surface area (Å²) < 4.78 is 2.77. The van der Waals surface area contributed by atoms with E-state index in [0.29, 0.717) is 6.42 Å². The highest BCUT2D eigenvalue weighted by Gasteiger charge is 2.32. The number of amides is 1. The predicted molar refractivity (Wildman–Crippen MR) is 77.2 cm³/mol. The van der Waals surface area contributed by atoms with E-state index in [1.54, 1.807) is 4.68 Å². The molecule has 0 aliphatic carbocycles. The molecule has 1 aromatic carbocycles. The molecule has 0 saturated heterocycles. The largest absolute Gasteiger partial charge is 0.311 e. The molecular weight excluding hydrogens is 306 g/mol. The van der Waals surface area contributed by atoms with Crippen molar-refractivity contribution in [2.75, 3.05) is 5.32 Å². The summed E-state index contributed by atoms with van der Waals surface area (Å²) in [4.78, 5) is 11.9. The topological polar surface area (TPSA) is 46.9 Å². The van der Waals surface area contributed by atoms with Crippen LogP contribution in [0.15, 0.2) is 28.7 Å². The fourth-order valence-electron chi connectivity index (χ4n) is 2.73. The molecule has 4 nitrogen and oxygen atoms in total. The summed E-state index contributed by atoms with van der Waals surface area (Å²) in [5.74, 6) is 0.916. The molecule has 1 amide bonds. The van der Waals surface area contributed by atoms with Crippen LogP contribution in [0.1, 0.15) is 29.2 Å². The number of aryl methyl sites for hydroxylation is 2. The fourth-order valence-corrected chi connectivity index (χ4v) is 3.29. The van der Waals surface area contributed by atoms with Gasteiger partial charge in [-0.25, -0.2) is 0 Å². The van der Waals surface area contributed by atoms with Gasteiger partial charge in [0.05, 0.1) is 5.69 Å². The van der Waals surface area contributed by atoms with Crippen LogP contribution in [-0.2, 0) is 11.8 Å². The quantitative estimate of drug-likeness (QED) is 0.878. The minimum absolute atomic E-state index is 0.0382. The minimum atomic E-state index is 0.0382. The normalized spacial score (nSPS) is 18.1. The van der Waals surface area contributed by atoms with Gasteiger partial charge in [0.25, 0.3) is 0 Å². The van der Waals surface area contributed by atoms with Gasteiger partial charge in [-0.2, -0.15) is 5.10 Å². The lowest BCUT2D eigenvalue weighted by Crippen LogP contribution is -2.24. The van der Waals surface area contributed by atoms with E-state index in [1.165, 1.54) is 0 Å². The van der Waals surface area contributed by atoms with Gasteiger partial charge in [-0.3, -0.25) is 9.48 Å². The van der Waals surface area contributed by atoms with Crippen molar-refractivity contribution in [3.05, 3.63) is 45.6 Å². The zero-order chi connectivity index (χ0) is 13.6. The number of rotatable bonds is 1. The standard InChI is InChI=1S/C14H14BrN3O/c1-8-13-10(9-5-3-4-6-11(9)15)7-12(19)16-14(13)18(2)17-8/h3-6,10H,7H2,1-2H3,(H,16,19)/t10-/m0/s1. The molecule has 0 spiro atoms. The van der Waals surface area contributed by atoms with Gasteiger partial charge in [0, 0.05) is 29.4 Å². The number of halogens is 1. The first-order valence-electron chi connectivity index (χ1n) is 6.15. The second-order valence-electron chi connectivity index (χ2n) is 4.80. The maximum absolute atomic E-state index is 11.9. The van der Waals surface area contributed by atoms with Gasteiger partial charge in [-0.1, -0.05) is 34.1 Å². The Balaban J connectivity index is 2.19. The molecule has 2 heterocycles. The molecule has 98 valence electrons. The summed E-state index contributed by atoms with van der Waals surface area (Å²) in [7, 11) is 1.86. The van der Waals surface area contributed by atoms with Crippen LogP contribution >= 0.6 is 15.9 Å². The highest BCUT2D eigenvalue weighted by atomic mass is 79.9. The molecule has 5 heteroatoms. The van der Waals surface area contributed by atoms with Crippen LogP contribution in [0.4, 0.5) is 5.82 Å². The van der Waals surface area contributed by atoms with E-state index >= 15 is 0 Å².